The quantitative estimate of drug-likeness (QED) is 0.857. The lowest BCUT2D eigenvalue weighted by molar-refractivity contribution is -0.118. The van der Waals surface area contributed by atoms with E-state index in [9.17, 15) is 9.59 Å². The zero-order chi connectivity index (χ0) is 13.8. The highest BCUT2D eigenvalue weighted by atomic mass is 16.1. The molecule has 0 aliphatic heterocycles. The molecule has 0 aliphatic carbocycles. The molecular formula is C13H14N4O2. The Morgan fingerprint density at radius 2 is 2.00 bits per heavy atom. The molecule has 6 heteroatoms. The number of imidazole rings is 1. The molecule has 0 saturated carbocycles. The number of hydrogen-bond donors (Lipinski definition) is 2. The minimum atomic E-state index is -0.422. The fraction of sp³-hybridized carbons (Fsp3) is 0.154. The highest BCUT2D eigenvalue weighted by Crippen LogP contribution is 2.19. The lowest BCUT2D eigenvalue weighted by Crippen LogP contribution is -2.18. The smallest absolute Gasteiger partial charge is 0.237 e. The fourth-order valence-electron chi connectivity index (χ4n) is 1.77. The highest BCUT2D eigenvalue weighted by Gasteiger charge is 2.07. The van der Waals surface area contributed by atoms with Gasteiger partial charge in [-0.1, -0.05) is 0 Å². The second-order valence-corrected chi connectivity index (χ2v) is 4.10. The van der Waals surface area contributed by atoms with Gasteiger partial charge in [-0.25, -0.2) is 4.98 Å². The van der Waals surface area contributed by atoms with Gasteiger partial charge in [-0.05, 0) is 24.3 Å². The number of benzene rings is 1. The molecule has 2 aromatic rings. The van der Waals surface area contributed by atoms with Crippen molar-refractivity contribution in [3.8, 4) is 11.4 Å². The number of hydrogen-bond acceptors (Lipinski definition) is 3. The number of nitrogens with one attached hydrogen (secondary N) is 1. The molecule has 6 nitrogen and oxygen atoms in total. The molecule has 2 amide bonds. The third kappa shape index (κ3) is 3.19. The maximum Gasteiger partial charge on any atom is 0.237 e. The normalized spacial score (nSPS) is 10.2. The summed E-state index contributed by atoms with van der Waals surface area (Å²) in [4.78, 5) is 26.1. The van der Waals surface area contributed by atoms with Gasteiger partial charge in [0.15, 0.2) is 0 Å². The molecule has 2 rings (SSSR count). The first-order valence-electron chi connectivity index (χ1n) is 5.74. The first-order chi connectivity index (χ1) is 9.06. The molecule has 19 heavy (non-hydrogen) atoms. The average molecular weight is 258 g/mol. The number of carbonyl (C=O) groups excluding carboxylic acids is 2. The van der Waals surface area contributed by atoms with Crippen LogP contribution in [0.15, 0.2) is 36.7 Å². The van der Waals surface area contributed by atoms with Gasteiger partial charge in [0.2, 0.25) is 11.8 Å². The van der Waals surface area contributed by atoms with Crippen molar-refractivity contribution in [2.45, 2.75) is 13.5 Å². The summed E-state index contributed by atoms with van der Waals surface area (Å²) in [6.45, 7) is 1.54. The van der Waals surface area contributed by atoms with E-state index < -0.39 is 5.91 Å². The van der Waals surface area contributed by atoms with Gasteiger partial charge in [0.25, 0.3) is 0 Å². The minimum Gasteiger partial charge on any atom is -0.368 e. The molecule has 3 N–H and O–H groups in total. The number of carbonyl (C=O) groups is 2. The third-order valence-electron chi connectivity index (χ3n) is 2.51. The SMILES string of the molecule is CC(=O)Nc1ccc(-c2nccn2CC(N)=O)cc1. The Bertz CT molecular complexity index is 601. The zero-order valence-electron chi connectivity index (χ0n) is 10.5. The summed E-state index contributed by atoms with van der Waals surface area (Å²) in [6.07, 6.45) is 3.31. The number of rotatable bonds is 4. The molecule has 1 aromatic heterocycles. The largest absolute Gasteiger partial charge is 0.368 e. The van der Waals surface area contributed by atoms with Gasteiger partial charge in [0, 0.05) is 30.6 Å². The van der Waals surface area contributed by atoms with Gasteiger partial charge >= 0.3 is 0 Å². The summed E-state index contributed by atoms with van der Waals surface area (Å²) >= 11 is 0. The zero-order valence-corrected chi connectivity index (χ0v) is 10.5. The van der Waals surface area contributed by atoms with Gasteiger partial charge in [-0.3, -0.25) is 9.59 Å². The Morgan fingerprint density at radius 3 is 2.58 bits per heavy atom. The van der Waals surface area contributed by atoms with Crippen LogP contribution < -0.4 is 11.1 Å². The van der Waals surface area contributed by atoms with Crippen LogP contribution in [-0.4, -0.2) is 21.4 Å². The van der Waals surface area contributed by atoms with E-state index in [1.807, 2.05) is 12.1 Å². The predicted molar refractivity (Wildman–Crippen MR) is 71.2 cm³/mol. The number of nitrogens with two attached hydrogens (primary N) is 1. The van der Waals surface area contributed by atoms with E-state index >= 15 is 0 Å². The third-order valence-corrected chi connectivity index (χ3v) is 2.51. The topological polar surface area (TPSA) is 90.0 Å². The van der Waals surface area contributed by atoms with Gasteiger partial charge in [-0.2, -0.15) is 0 Å². The summed E-state index contributed by atoms with van der Waals surface area (Å²) in [7, 11) is 0. The van der Waals surface area contributed by atoms with Crippen molar-refractivity contribution in [3.63, 3.8) is 0 Å². The minimum absolute atomic E-state index is 0.0861. The standard InChI is InChI=1S/C13H14N4O2/c1-9(18)16-11-4-2-10(3-5-11)13-15-6-7-17(13)8-12(14)19/h2-7H,8H2,1H3,(H2,14,19)(H,16,18). The van der Waals surface area contributed by atoms with E-state index in [1.165, 1.54) is 6.92 Å². The summed E-state index contributed by atoms with van der Waals surface area (Å²) in [5.41, 5.74) is 6.73. The molecule has 1 heterocycles. The predicted octanol–water partition coefficient (Wildman–Crippen LogP) is 0.994. The number of aromatic nitrogens is 2. The summed E-state index contributed by atoms with van der Waals surface area (Å²) < 4.78 is 1.68. The molecule has 0 aliphatic rings. The second kappa shape index (κ2) is 5.34. The van der Waals surface area contributed by atoms with Crippen LogP contribution in [0.25, 0.3) is 11.4 Å². The van der Waals surface area contributed by atoms with E-state index in [0.29, 0.717) is 11.5 Å². The number of anilines is 1. The van der Waals surface area contributed by atoms with Crippen LogP contribution in [0, 0.1) is 0 Å². The number of amides is 2. The molecule has 0 saturated heterocycles. The Kier molecular flexibility index (Phi) is 3.61. The monoisotopic (exact) mass is 258 g/mol. The Labute approximate surface area is 110 Å². The van der Waals surface area contributed by atoms with Gasteiger partial charge in [0.05, 0.1) is 0 Å². The maximum absolute atomic E-state index is 11.0. The fourth-order valence-corrected chi connectivity index (χ4v) is 1.77. The van der Waals surface area contributed by atoms with Crippen LogP contribution in [0.1, 0.15) is 6.92 Å². The molecule has 0 radical (unpaired) electrons. The summed E-state index contributed by atoms with van der Waals surface area (Å²) in [5.74, 6) is 0.116. The van der Waals surface area contributed by atoms with E-state index in [4.69, 9.17) is 5.73 Å². The Morgan fingerprint density at radius 1 is 1.32 bits per heavy atom. The van der Waals surface area contributed by atoms with Gasteiger partial charge < -0.3 is 15.6 Å². The van der Waals surface area contributed by atoms with Gasteiger partial charge in [0.1, 0.15) is 12.4 Å². The van der Waals surface area contributed by atoms with Crippen LogP contribution >= 0.6 is 0 Å². The molecule has 0 atom stereocenters. The van der Waals surface area contributed by atoms with Gasteiger partial charge in [-0.15, -0.1) is 0 Å². The Balaban J connectivity index is 2.25. The van der Waals surface area contributed by atoms with E-state index in [1.54, 1.807) is 29.1 Å². The van der Waals surface area contributed by atoms with Crippen molar-refractivity contribution < 1.29 is 9.59 Å². The van der Waals surface area contributed by atoms with Crippen molar-refractivity contribution in [1.29, 1.82) is 0 Å². The molecule has 0 bridgehead atoms. The van der Waals surface area contributed by atoms with Crippen LogP contribution in [0.5, 0.6) is 0 Å². The maximum atomic E-state index is 11.0. The van der Waals surface area contributed by atoms with E-state index in [0.717, 1.165) is 5.56 Å². The molecule has 0 unspecified atom stereocenters. The summed E-state index contributed by atoms with van der Waals surface area (Å²) in [6, 6.07) is 7.20. The Hall–Kier alpha value is -2.63. The molecular weight excluding hydrogens is 244 g/mol. The molecule has 98 valence electrons. The highest BCUT2D eigenvalue weighted by molar-refractivity contribution is 5.88. The molecule has 1 aromatic carbocycles. The second-order valence-electron chi connectivity index (χ2n) is 4.10. The van der Waals surface area contributed by atoms with Crippen LogP contribution in [-0.2, 0) is 16.1 Å². The lowest BCUT2D eigenvalue weighted by atomic mass is 10.2. The van der Waals surface area contributed by atoms with Crippen molar-refractivity contribution in [2.24, 2.45) is 5.73 Å². The average Bonchev–Trinajstić information content (AvgIpc) is 2.76. The number of nitrogens with zero attached hydrogens (tertiary/aromatic N) is 2. The van der Waals surface area contributed by atoms with E-state index in [2.05, 4.69) is 10.3 Å². The van der Waals surface area contributed by atoms with Crippen molar-refractivity contribution >= 4 is 17.5 Å². The van der Waals surface area contributed by atoms with Crippen LogP contribution in [0.4, 0.5) is 5.69 Å². The lowest BCUT2D eigenvalue weighted by Gasteiger charge is -2.07. The van der Waals surface area contributed by atoms with Crippen molar-refractivity contribution in [1.82, 2.24) is 9.55 Å². The molecule has 0 spiro atoms. The van der Waals surface area contributed by atoms with Crippen LogP contribution in [0.3, 0.4) is 0 Å². The van der Waals surface area contributed by atoms with Crippen LogP contribution in [0.2, 0.25) is 0 Å². The summed E-state index contributed by atoms with van der Waals surface area (Å²) in [5, 5.41) is 2.68. The van der Waals surface area contributed by atoms with Crippen molar-refractivity contribution in [3.05, 3.63) is 36.7 Å². The molecule has 0 fully saturated rings. The first-order valence-corrected chi connectivity index (χ1v) is 5.74. The van der Waals surface area contributed by atoms with E-state index in [-0.39, 0.29) is 12.5 Å². The van der Waals surface area contributed by atoms with Crippen molar-refractivity contribution in [2.75, 3.05) is 5.32 Å². The number of primary amides is 1. The first kappa shape index (κ1) is 12.8.